The molecule has 0 aromatic heterocycles. The maximum absolute atomic E-state index is 13.9. The molecule has 160 valence electrons. The van der Waals surface area contributed by atoms with Gasteiger partial charge in [-0.05, 0) is 101 Å². The fourth-order valence-electron chi connectivity index (χ4n) is 8.08. The SMILES string of the molecule is Cc1ccc2c(c1)CCCN2C(=O)C1CCCN1C(=O)C12CC3CC(CC(C3)C1)C2. The van der Waals surface area contributed by atoms with Gasteiger partial charge in [0.05, 0.1) is 5.41 Å². The Kier molecular flexibility index (Phi) is 4.30. The Hall–Kier alpha value is -1.84. The molecule has 5 fully saturated rings. The van der Waals surface area contributed by atoms with Gasteiger partial charge in [0.1, 0.15) is 6.04 Å². The van der Waals surface area contributed by atoms with Crippen LogP contribution in [-0.4, -0.2) is 35.8 Å². The highest BCUT2D eigenvalue weighted by Gasteiger charge is 2.57. The molecule has 4 bridgehead atoms. The first-order chi connectivity index (χ1) is 14.5. The molecular weight excluding hydrogens is 372 g/mol. The number of nitrogens with zero attached hydrogens (tertiary/aromatic N) is 2. The Labute approximate surface area is 180 Å². The summed E-state index contributed by atoms with van der Waals surface area (Å²) in [5.74, 6) is 2.77. The number of aryl methyl sites for hydroxylation is 2. The van der Waals surface area contributed by atoms with Gasteiger partial charge in [0.15, 0.2) is 0 Å². The molecule has 4 heteroatoms. The molecule has 30 heavy (non-hydrogen) atoms. The highest BCUT2D eigenvalue weighted by molar-refractivity contribution is 6.01. The second kappa shape index (κ2) is 6.83. The fourth-order valence-corrected chi connectivity index (χ4v) is 8.08. The van der Waals surface area contributed by atoms with Crippen LogP contribution >= 0.6 is 0 Å². The Morgan fingerprint density at radius 1 is 0.967 bits per heavy atom. The van der Waals surface area contributed by atoms with E-state index >= 15 is 0 Å². The molecule has 1 saturated heterocycles. The van der Waals surface area contributed by atoms with Crippen molar-refractivity contribution < 1.29 is 9.59 Å². The highest BCUT2D eigenvalue weighted by atomic mass is 16.2. The number of anilines is 1. The first kappa shape index (κ1) is 18.9. The summed E-state index contributed by atoms with van der Waals surface area (Å²) in [4.78, 5) is 31.7. The van der Waals surface area contributed by atoms with Crippen LogP contribution in [0.3, 0.4) is 0 Å². The number of rotatable bonds is 2. The van der Waals surface area contributed by atoms with Gasteiger partial charge in [-0.2, -0.15) is 0 Å². The normalized spacial score (nSPS) is 36.8. The molecule has 1 atom stereocenters. The molecular formula is C26H34N2O2. The van der Waals surface area contributed by atoms with Gasteiger partial charge < -0.3 is 9.80 Å². The highest BCUT2D eigenvalue weighted by Crippen LogP contribution is 2.60. The lowest BCUT2D eigenvalue weighted by Crippen LogP contribution is -2.57. The molecule has 2 amide bonds. The van der Waals surface area contributed by atoms with Crippen LogP contribution in [0.15, 0.2) is 18.2 Å². The quantitative estimate of drug-likeness (QED) is 0.726. The Morgan fingerprint density at radius 3 is 2.37 bits per heavy atom. The van der Waals surface area contributed by atoms with Gasteiger partial charge >= 0.3 is 0 Å². The number of amides is 2. The molecule has 1 unspecified atom stereocenters. The lowest BCUT2D eigenvalue weighted by molar-refractivity contribution is -0.160. The minimum Gasteiger partial charge on any atom is -0.330 e. The molecule has 2 heterocycles. The largest absolute Gasteiger partial charge is 0.330 e. The molecule has 0 radical (unpaired) electrons. The van der Waals surface area contributed by atoms with Crippen molar-refractivity contribution >= 4 is 17.5 Å². The topological polar surface area (TPSA) is 40.6 Å². The Morgan fingerprint density at radius 2 is 1.67 bits per heavy atom. The van der Waals surface area contributed by atoms with Crippen molar-refractivity contribution in [1.29, 1.82) is 0 Å². The molecule has 0 N–H and O–H groups in total. The number of fused-ring (bicyclic) bond motifs is 1. The Bertz CT molecular complexity index is 856. The minimum absolute atomic E-state index is 0.144. The van der Waals surface area contributed by atoms with Crippen molar-refractivity contribution in [2.24, 2.45) is 23.2 Å². The van der Waals surface area contributed by atoms with E-state index in [4.69, 9.17) is 0 Å². The predicted molar refractivity (Wildman–Crippen MR) is 117 cm³/mol. The number of carbonyl (C=O) groups excluding carboxylic acids is 2. The summed E-state index contributed by atoms with van der Waals surface area (Å²) in [5.41, 5.74) is 3.47. The zero-order valence-electron chi connectivity index (χ0n) is 18.2. The van der Waals surface area contributed by atoms with E-state index in [1.54, 1.807) is 0 Å². The second-order valence-corrected chi connectivity index (χ2v) is 11.1. The number of benzene rings is 1. The maximum atomic E-state index is 13.9. The third-order valence-electron chi connectivity index (χ3n) is 8.91. The van der Waals surface area contributed by atoms with Crippen LogP contribution in [-0.2, 0) is 16.0 Å². The zero-order chi connectivity index (χ0) is 20.5. The van der Waals surface area contributed by atoms with Gasteiger partial charge in [-0.15, -0.1) is 0 Å². The molecule has 4 aliphatic carbocycles. The Balaban J connectivity index is 1.26. The average molecular weight is 407 g/mol. The monoisotopic (exact) mass is 406 g/mol. The number of carbonyl (C=O) groups is 2. The third-order valence-corrected chi connectivity index (χ3v) is 8.91. The van der Waals surface area contributed by atoms with Gasteiger partial charge in [0, 0.05) is 18.8 Å². The number of hydrogen-bond donors (Lipinski definition) is 0. The molecule has 4 saturated carbocycles. The number of hydrogen-bond acceptors (Lipinski definition) is 2. The summed E-state index contributed by atoms with van der Waals surface area (Å²) in [7, 11) is 0. The second-order valence-electron chi connectivity index (χ2n) is 11.1. The molecule has 2 aliphatic heterocycles. The van der Waals surface area contributed by atoms with Gasteiger partial charge in [0.25, 0.3) is 0 Å². The van der Waals surface area contributed by atoms with Gasteiger partial charge in [0.2, 0.25) is 11.8 Å². The van der Waals surface area contributed by atoms with E-state index < -0.39 is 0 Å². The summed E-state index contributed by atoms with van der Waals surface area (Å²) in [5, 5.41) is 0. The predicted octanol–water partition coefficient (Wildman–Crippen LogP) is 4.48. The van der Waals surface area contributed by atoms with E-state index in [0.717, 1.165) is 81.5 Å². The van der Waals surface area contributed by atoms with Crippen LogP contribution < -0.4 is 4.90 Å². The molecule has 1 aromatic carbocycles. The van der Waals surface area contributed by atoms with E-state index in [2.05, 4.69) is 25.1 Å². The van der Waals surface area contributed by atoms with E-state index in [1.807, 2.05) is 9.80 Å². The van der Waals surface area contributed by atoms with Crippen molar-refractivity contribution in [1.82, 2.24) is 4.90 Å². The lowest BCUT2D eigenvalue weighted by Gasteiger charge is -2.56. The van der Waals surface area contributed by atoms with Crippen LogP contribution in [0.4, 0.5) is 5.69 Å². The maximum Gasteiger partial charge on any atom is 0.249 e. The van der Waals surface area contributed by atoms with Crippen molar-refractivity contribution in [3.8, 4) is 0 Å². The molecule has 7 rings (SSSR count). The number of likely N-dealkylation sites (tertiary alicyclic amines) is 1. The van der Waals surface area contributed by atoms with E-state index in [9.17, 15) is 9.59 Å². The van der Waals surface area contributed by atoms with Crippen molar-refractivity contribution in [2.45, 2.75) is 77.2 Å². The summed E-state index contributed by atoms with van der Waals surface area (Å²) >= 11 is 0. The van der Waals surface area contributed by atoms with Crippen LogP contribution in [0.25, 0.3) is 0 Å². The molecule has 1 aromatic rings. The van der Waals surface area contributed by atoms with E-state index in [0.29, 0.717) is 5.91 Å². The lowest BCUT2D eigenvalue weighted by atomic mass is 9.49. The zero-order valence-corrected chi connectivity index (χ0v) is 18.2. The molecule has 6 aliphatic rings. The first-order valence-electron chi connectivity index (χ1n) is 12.2. The van der Waals surface area contributed by atoms with Crippen LogP contribution in [0.2, 0.25) is 0 Å². The van der Waals surface area contributed by atoms with E-state index in [-0.39, 0.29) is 17.4 Å². The van der Waals surface area contributed by atoms with Crippen LogP contribution in [0.5, 0.6) is 0 Å². The van der Waals surface area contributed by atoms with Crippen LogP contribution in [0, 0.1) is 30.1 Å². The summed E-state index contributed by atoms with van der Waals surface area (Å²) in [6.07, 6.45) is 11.1. The van der Waals surface area contributed by atoms with E-state index in [1.165, 1.54) is 30.4 Å². The third kappa shape index (κ3) is 2.85. The smallest absolute Gasteiger partial charge is 0.249 e. The fraction of sp³-hybridized carbons (Fsp3) is 0.692. The van der Waals surface area contributed by atoms with Crippen molar-refractivity contribution in [3.63, 3.8) is 0 Å². The average Bonchev–Trinajstić information content (AvgIpc) is 3.20. The van der Waals surface area contributed by atoms with Gasteiger partial charge in [-0.3, -0.25) is 9.59 Å². The summed E-state index contributed by atoms with van der Waals surface area (Å²) in [6, 6.07) is 6.19. The van der Waals surface area contributed by atoms with Crippen LogP contribution in [0.1, 0.15) is 68.9 Å². The van der Waals surface area contributed by atoms with Gasteiger partial charge in [-0.25, -0.2) is 0 Å². The summed E-state index contributed by atoms with van der Waals surface area (Å²) < 4.78 is 0. The van der Waals surface area contributed by atoms with Gasteiger partial charge in [-0.1, -0.05) is 17.7 Å². The summed E-state index contributed by atoms with van der Waals surface area (Å²) in [6.45, 7) is 3.67. The molecule has 4 nitrogen and oxygen atoms in total. The minimum atomic E-state index is -0.252. The standard InChI is InChI=1S/C26H34N2O2/c1-17-6-7-22-21(10-17)4-2-8-27(22)24(29)23-5-3-9-28(23)25(30)26-14-18-11-19(15-26)13-20(12-18)16-26/h6-7,10,18-20,23H,2-5,8-9,11-16H2,1H3. The molecule has 0 spiro atoms. The first-order valence-corrected chi connectivity index (χ1v) is 12.2. The van der Waals surface area contributed by atoms with Crippen molar-refractivity contribution in [2.75, 3.05) is 18.0 Å². The van der Waals surface area contributed by atoms with Crippen molar-refractivity contribution in [3.05, 3.63) is 29.3 Å².